The van der Waals surface area contributed by atoms with Crippen LogP contribution < -0.4 is 9.64 Å². The molecule has 0 spiro atoms. The summed E-state index contributed by atoms with van der Waals surface area (Å²) in [7, 11) is -4.14. The number of benzene rings is 3. The molecule has 4 aromatic rings. The van der Waals surface area contributed by atoms with Crippen LogP contribution in [0.3, 0.4) is 0 Å². The van der Waals surface area contributed by atoms with Gasteiger partial charge in [-0.3, -0.25) is 9.59 Å². The Hall–Kier alpha value is -3.66. The minimum Gasteiger partial charge on any atom is -0.494 e. The quantitative estimate of drug-likeness (QED) is 0.302. The van der Waals surface area contributed by atoms with Gasteiger partial charge in [0, 0.05) is 28.7 Å². The van der Waals surface area contributed by atoms with Crippen LogP contribution in [0.15, 0.2) is 83.9 Å². The number of ether oxygens (including phenoxy) is 1. The molecule has 1 unspecified atom stereocenters. The highest BCUT2D eigenvalue weighted by Gasteiger charge is 2.46. The van der Waals surface area contributed by atoms with Crippen molar-refractivity contribution in [3.05, 3.63) is 89.6 Å². The number of nitrogens with zero attached hydrogens (tertiary/aromatic N) is 2. The highest BCUT2D eigenvalue weighted by Crippen LogP contribution is 2.31. The van der Waals surface area contributed by atoms with Crippen LogP contribution >= 0.6 is 11.6 Å². The maximum atomic E-state index is 13.8. The number of H-pyrrole nitrogens is 1. The number of rotatable bonds is 9. The summed E-state index contributed by atoms with van der Waals surface area (Å²) in [4.78, 5) is 30.9. The molecule has 1 atom stereocenters. The van der Waals surface area contributed by atoms with Crippen molar-refractivity contribution in [3.8, 4) is 5.75 Å². The molecule has 38 heavy (non-hydrogen) atoms. The molecule has 1 aliphatic heterocycles. The number of imide groups is 1. The predicted molar refractivity (Wildman–Crippen MR) is 146 cm³/mol. The highest BCUT2D eigenvalue weighted by molar-refractivity contribution is 7.89. The van der Waals surface area contributed by atoms with E-state index in [2.05, 4.69) is 4.98 Å². The second-order valence-corrected chi connectivity index (χ2v) is 11.2. The van der Waals surface area contributed by atoms with Gasteiger partial charge in [0.1, 0.15) is 11.8 Å². The van der Waals surface area contributed by atoms with E-state index in [4.69, 9.17) is 16.3 Å². The zero-order chi connectivity index (χ0) is 26.9. The summed E-state index contributed by atoms with van der Waals surface area (Å²) < 4.78 is 34.3. The van der Waals surface area contributed by atoms with Gasteiger partial charge in [-0.05, 0) is 73.5 Å². The molecule has 2 heterocycles. The number of aromatic nitrogens is 1. The van der Waals surface area contributed by atoms with Crippen LogP contribution in [0.2, 0.25) is 5.02 Å². The second kappa shape index (κ2) is 10.6. The van der Waals surface area contributed by atoms with Crippen molar-refractivity contribution in [2.24, 2.45) is 0 Å². The largest absolute Gasteiger partial charge is 0.494 e. The summed E-state index contributed by atoms with van der Waals surface area (Å²) in [5, 5.41) is 1.37. The van der Waals surface area contributed by atoms with E-state index in [0.717, 1.165) is 25.7 Å². The average molecular weight is 552 g/mol. The third kappa shape index (κ3) is 4.92. The van der Waals surface area contributed by atoms with Gasteiger partial charge in [0.25, 0.3) is 5.91 Å². The molecule has 1 aromatic heterocycles. The number of carbonyl (C=O) groups is 2. The molecule has 1 N–H and O–H groups in total. The SMILES string of the molecule is CCOc1ccc(N2C(=O)CC(N(CCc3c[nH]c4ccccc34)S(=O)(=O)c3ccc(Cl)cc3)C2=O)cc1. The van der Waals surface area contributed by atoms with Gasteiger partial charge in [-0.1, -0.05) is 29.8 Å². The molecule has 3 aromatic carbocycles. The minimum atomic E-state index is -4.14. The van der Waals surface area contributed by atoms with E-state index in [9.17, 15) is 18.0 Å². The van der Waals surface area contributed by atoms with Gasteiger partial charge >= 0.3 is 0 Å². The number of nitrogens with one attached hydrogen (secondary N) is 1. The second-order valence-electron chi connectivity index (χ2n) is 8.89. The first-order valence-corrected chi connectivity index (χ1v) is 14.0. The molecular weight excluding hydrogens is 526 g/mol. The van der Waals surface area contributed by atoms with E-state index in [1.54, 1.807) is 24.3 Å². The number of fused-ring (bicyclic) bond motifs is 1. The molecule has 196 valence electrons. The Balaban J connectivity index is 1.48. The van der Waals surface area contributed by atoms with Gasteiger partial charge in [0.05, 0.1) is 23.6 Å². The van der Waals surface area contributed by atoms with E-state index in [0.29, 0.717) is 29.5 Å². The van der Waals surface area contributed by atoms with Crippen LogP contribution in [0.1, 0.15) is 18.9 Å². The topological polar surface area (TPSA) is 99.8 Å². The molecule has 1 aliphatic rings. The zero-order valence-electron chi connectivity index (χ0n) is 20.6. The van der Waals surface area contributed by atoms with Crippen molar-refractivity contribution < 1.29 is 22.7 Å². The number of para-hydroxylation sites is 1. The van der Waals surface area contributed by atoms with Crippen molar-refractivity contribution >= 4 is 50.0 Å². The Kier molecular flexibility index (Phi) is 7.25. The molecule has 0 aliphatic carbocycles. The normalized spacial score (nSPS) is 16.1. The lowest BCUT2D eigenvalue weighted by Crippen LogP contribution is -2.46. The molecule has 0 bridgehead atoms. The smallest absolute Gasteiger partial charge is 0.252 e. The first kappa shape index (κ1) is 26.0. The van der Waals surface area contributed by atoms with E-state index < -0.39 is 27.9 Å². The first-order chi connectivity index (χ1) is 18.3. The number of hydrogen-bond acceptors (Lipinski definition) is 5. The van der Waals surface area contributed by atoms with Crippen LogP contribution in [0, 0.1) is 0 Å². The maximum Gasteiger partial charge on any atom is 0.252 e. The van der Waals surface area contributed by atoms with Gasteiger partial charge in [0.15, 0.2) is 0 Å². The van der Waals surface area contributed by atoms with E-state index in [1.807, 2.05) is 37.4 Å². The monoisotopic (exact) mass is 551 g/mol. The molecule has 10 heteroatoms. The number of halogens is 1. The number of aromatic amines is 1. The van der Waals surface area contributed by atoms with Gasteiger partial charge in [-0.25, -0.2) is 13.3 Å². The summed E-state index contributed by atoms with van der Waals surface area (Å²) >= 11 is 5.99. The lowest BCUT2D eigenvalue weighted by molar-refractivity contribution is -0.122. The number of carbonyl (C=O) groups excluding carboxylic acids is 2. The molecule has 5 rings (SSSR count). The summed E-state index contributed by atoms with van der Waals surface area (Å²) in [6, 6.07) is 18.9. The number of anilines is 1. The van der Waals surface area contributed by atoms with Crippen LogP contribution in [0.25, 0.3) is 10.9 Å². The van der Waals surface area contributed by atoms with Crippen LogP contribution in [0.4, 0.5) is 5.69 Å². The fourth-order valence-corrected chi connectivity index (χ4v) is 6.43. The third-order valence-corrected chi connectivity index (χ3v) is 8.75. The van der Waals surface area contributed by atoms with Crippen molar-refractivity contribution in [2.45, 2.75) is 30.7 Å². The van der Waals surface area contributed by atoms with Gasteiger partial charge < -0.3 is 9.72 Å². The number of amides is 2. The highest BCUT2D eigenvalue weighted by atomic mass is 35.5. The fourth-order valence-electron chi connectivity index (χ4n) is 4.72. The molecular formula is C28H26ClN3O5S. The van der Waals surface area contributed by atoms with Crippen LogP contribution in [-0.4, -0.2) is 48.7 Å². The molecule has 1 saturated heterocycles. The molecule has 2 amide bonds. The summed E-state index contributed by atoms with van der Waals surface area (Å²) in [5.41, 5.74) is 2.21. The summed E-state index contributed by atoms with van der Waals surface area (Å²) in [6.07, 6.45) is 1.93. The van der Waals surface area contributed by atoms with Gasteiger partial charge in [-0.2, -0.15) is 4.31 Å². The first-order valence-electron chi connectivity index (χ1n) is 12.2. The Labute approximate surface area is 225 Å². The van der Waals surface area contributed by atoms with Gasteiger partial charge in [0.2, 0.25) is 15.9 Å². The fraction of sp³-hybridized carbons (Fsp3) is 0.214. The van der Waals surface area contributed by atoms with E-state index in [-0.39, 0.29) is 17.9 Å². The minimum absolute atomic E-state index is 0.000549. The molecule has 0 radical (unpaired) electrons. The van der Waals surface area contributed by atoms with Crippen LogP contribution in [0.5, 0.6) is 5.75 Å². The van der Waals surface area contributed by atoms with Crippen molar-refractivity contribution in [1.82, 2.24) is 9.29 Å². The van der Waals surface area contributed by atoms with Crippen LogP contribution in [-0.2, 0) is 26.0 Å². The standard InChI is InChI=1S/C28H26ClN3O5S/c1-2-37-22-11-9-21(10-12-22)32-27(33)17-26(28(32)34)31(38(35,36)23-13-7-20(29)8-14-23)16-15-19-18-30-25-6-4-3-5-24(19)25/h3-14,18,26,30H,2,15-17H2,1H3. The lowest BCUT2D eigenvalue weighted by Gasteiger charge is -2.27. The molecule has 0 saturated carbocycles. The maximum absolute atomic E-state index is 13.8. The lowest BCUT2D eigenvalue weighted by atomic mass is 10.1. The van der Waals surface area contributed by atoms with E-state index >= 15 is 0 Å². The van der Waals surface area contributed by atoms with Crippen molar-refractivity contribution in [3.63, 3.8) is 0 Å². The Morgan fingerprint density at radius 2 is 1.74 bits per heavy atom. The molecule has 8 nitrogen and oxygen atoms in total. The number of hydrogen-bond donors (Lipinski definition) is 1. The van der Waals surface area contributed by atoms with Crippen molar-refractivity contribution in [2.75, 3.05) is 18.1 Å². The Morgan fingerprint density at radius 3 is 2.45 bits per heavy atom. The van der Waals surface area contributed by atoms with E-state index in [1.165, 1.54) is 24.3 Å². The number of sulfonamides is 1. The zero-order valence-corrected chi connectivity index (χ0v) is 22.2. The average Bonchev–Trinajstić information content (AvgIpc) is 3.45. The molecule has 1 fully saturated rings. The summed E-state index contributed by atoms with van der Waals surface area (Å²) in [6.45, 7) is 2.35. The predicted octanol–water partition coefficient (Wildman–Crippen LogP) is 4.79. The third-order valence-electron chi connectivity index (χ3n) is 6.57. The van der Waals surface area contributed by atoms with Gasteiger partial charge in [-0.15, -0.1) is 0 Å². The Bertz CT molecular complexity index is 1580. The summed E-state index contributed by atoms with van der Waals surface area (Å²) in [5.74, 6) is -0.444. The Morgan fingerprint density at radius 1 is 1.03 bits per heavy atom. The van der Waals surface area contributed by atoms with Crippen molar-refractivity contribution in [1.29, 1.82) is 0 Å².